The van der Waals surface area contributed by atoms with E-state index < -0.39 is 0 Å². The van der Waals surface area contributed by atoms with Crippen LogP contribution in [-0.4, -0.2) is 37.1 Å². The molecule has 0 aliphatic rings. The first-order valence-electron chi connectivity index (χ1n) is 6.06. The zero-order valence-electron chi connectivity index (χ0n) is 10.8. The summed E-state index contributed by atoms with van der Waals surface area (Å²) in [5, 5.41) is 0. The Morgan fingerprint density at radius 1 is 1.39 bits per heavy atom. The van der Waals surface area contributed by atoms with Crippen molar-refractivity contribution in [1.82, 2.24) is 4.90 Å². The summed E-state index contributed by atoms with van der Waals surface area (Å²) in [5.74, 6) is -0.336. The third-order valence-electron chi connectivity index (χ3n) is 2.80. The van der Waals surface area contributed by atoms with Crippen molar-refractivity contribution in [3.05, 3.63) is 23.8 Å². The van der Waals surface area contributed by atoms with Crippen LogP contribution in [0.2, 0.25) is 0 Å². The Morgan fingerprint density at radius 2 is 2.06 bits per heavy atom. The van der Waals surface area contributed by atoms with Gasteiger partial charge in [0.1, 0.15) is 6.61 Å². The van der Waals surface area contributed by atoms with Crippen molar-refractivity contribution in [3.63, 3.8) is 0 Å². The first-order chi connectivity index (χ1) is 8.58. The van der Waals surface area contributed by atoms with E-state index >= 15 is 0 Å². The number of thiol groups is 1. The molecule has 0 amide bonds. The molecule has 0 unspecified atom stereocenters. The summed E-state index contributed by atoms with van der Waals surface area (Å²) in [6.07, 6.45) is 0. The molecule has 0 spiro atoms. The van der Waals surface area contributed by atoms with Crippen LogP contribution in [0.1, 0.15) is 24.2 Å². The molecule has 0 heterocycles. The van der Waals surface area contributed by atoms with E-state index in [2.05, 4.69) is 31.4 Å². The van der Waals surface area contributed by atoms with Crippen LogP contribution in [0.15, 0.2) is 23.1 Å². The maximum atomic E-state index is 11.8. The van der Waals surface area contributed by atoms with E-state index in [0.29, 0.717) is 22.8 Å². The van der Waals surface area contributed by atoms with E-state index in [1.54, 1.807) is 18.2 Å². The van der Waals surface area contributed by atoms with Crippen LogP contribution in [0.3, 0.4) is 0 Å². The number of anilines is 1. The first-order valence-corrected chi connectivity index (χ1v) is 6.51. The number of nitrogens with two attached hydrogens (primary N) is 1. The lowest BCUT2D eigenvalue weighted by molar-refractivity contribution is 0.0466. The van der Waals surface area contributed by atoms with Gasteiger partial charge in [0.2, 0.25) is 0 Å². The molecule has 0 saturated carbocycles. The topological polar surface area (TPSA) is 55.6 Å². The fraction of sp³-hybridized carbons (Fsp3) is 0.462. The number of nitrogens with zero attached hydrogens (tertiary/aromatic N) is 1. The number of ether oxygens (including phenoxy) is 1. The van der Waals surface area contributed by atoms with E-state index in [1.807, 2.05) is 0 Å². The van der Waals surface area contributed by atoms with E-state index in [0.717, 1.165) is 19.6 Å². The number of carbonyl (C=O) groups is 1. The minimum atomic E-state index is -0.336. The Morgan fingerprint density at radius 3 is 2.61 bits per heavy atom. The molecule has 1 aromatic rings. The normalized spacial score (nSPS) is 10.7. The van der Waals surface area contributed by atoms with Crippen molar-refractivity contribution in [2.45, 2.75) is 18.7 Å². The second-order valence-electron chi connectivity index (χ2n) is 3.94. The Kier molecular flexibility index (Phi) is 6.01. The van der Waals surface area contributed by atoms with Gasteiger partial charge in [0.25, 0.3) is 0 Å². The molecule has 100 valence electrons. The molecule has 1 aromatic carbocycles. The molecule has 0 atom stereocenters. The molecule has 18 heavy (non-hydrogen) atoms. The second-order valence-corrected chi connectivity index (χ2v) is 4.42. The number of hydrogen-bond acceptors (Lipinski definition) is 5. The SMILES string of the molecule is CCN(CC)CCOC(=O)c1ccc(N)c(S)c1. The summed E-state index contributed by atoms with van der Waals surface area (Å²) in [6.45, 7) is 7.22. The quantitative estimate of drug-likeness (QED) is 0.471. The van der Waals surface area contributed by atoms with Gasteiger partial charge in [-0.05, 0) is 31.3 Å². The molecular weight excluding hydrogens is 248 g/mol. The number of likely N-dealkylation sites (N-methyl/N-ethyl adjacent to an activating group) is 1. The highest BCUT2D eigenvalue weighted by Crippen LogP contribution is 2.18. The standard InChI is InChI=1S/C13H20N2O2S/c1-3-15(4-2)7-8-17-13(16)10-5-6-11(14)12(18)9-10/h5-6,9,18H,3-4,7-8,14H2,1-2H3. The highest BCUT2D eigenvalue weighted by atomic mass is 32.1. The molecule has 0 radical (unpaired) electrons. The smallest absolute Gasteiger partial charge is 0.338 e. The Balaban J connectivity index is 2.48. The van der Waals surface area contributed by atoms with Crippen LogP contribution in [0.4, 0.5) is 5.69 Å². The van der Waals surface area contributed by atoms with Gasteiger partial charge in [-0.3, -0.25) is 0 Å². The lowest BCUT2D eigenvalue weighted by atomic mass is 10.2. The first kappa shape index (κ1) is 14.9. The molecule has 0 aliphatic heterocycles. The fourth-order valence-corrected chi connectivity index (χ4v) is 1.77. The molecule has 0 aromatic heterocycles. The van der Waals surface area contributed by atoms with Gasteiger partial charge in [-0.25, -0.2) is 4.79 Å². The van der Waals surface area contributed by atoms with Crippen LogP contribution in [0.25, 0.3) is 0 Å². The Bertz CT molecular complexity index is 406. The summed E-state index contributed by atoms with van der Waals surface area (Å²) in [6, 6.07) is 4.93. The van der Waals surface area contributed by atoms with Gasteiger partial charge < -0.3 is 15.4 Å². The molecule has 1 rings (SSSR count). The largest absolute Gasteiger partial charge is 0.461 e. The predicted octanol–water partition coefficient (Wildman–Crippen LogP) is 2.06. The highest BCUT2D eigenvalue weighted by molar-refractivity contribution is 7.80. The van der Waals surface area contributed by atoms with E-state index in [9.17, 15) is 4.79 Å². The Hall–Kier alpha value is -1.20. The van der Waals surface area contributed by atoms with Crippen LogP contribution >= 0.6 is 12.6 Å². The number of nitrogen functional groups attached to an aromatic ring is 1. The van der Waals surface area contributed by atoms with Gasteiger partial charge >= 0.3 is 5.97 Å². The molecular formula is C13H20N2O2S. The van der Waals surface area contributed by atoms with Crippen molar-refractivity contribution in [2.75, 3.05) is 32.0 Å². The fourth-order valence-electron chi connectivity index (χ4n) is 1.56. The van der Waals surface area contributed by atoms with Gasteiger partial charge in [0, 0.05) is 17.1 Å². The number of esters is 1. The molecule has 4 nitrogen and oxygen atoms in total. The minimum Gasteiger partial charge on any atom is -0.461 e. The van der Waals surface area contributed by atoms with Crippen LogP contribution < -0.4 is 5.73 Å². The van der Waals surface area contributed by atoms with Crippen LogP contribution in [-0.2, 0) is 4.74 Å². The number of carbonyl (C=O) groups excluding carboxylic acids is 1. The lowest BCUT2D eigenvalue weighted by Crippen LogP contribution is -2.27. The maximum absolute atomic E-state index is 11.8. The van der Waals surface area contributed by atoms with Crippen LogP contribution in [0.5, 0.6) is 0 Å². The summed E-state index contributed by atoms with van der Waals surface area (Å²) < 4.78 is 5.20. The van der Waals surface area contributed by atoms with E-state index in [-0.39, 0.29) is 5.97 Å². The monoisotopic (exact) mass is 268 g/mol. The zero-order chi connectivity index (χ0) is 13.5. The third-order valence-corrected chi connectivity index (χ3v) is 3.19. The van der Waals surface area contributed by atoms with Crippen molar-refractivity contribution < 1.29 is 9.53 Å². The lowest BCUT2D eigenvalue weighted by Gasteiger charge is -2.17. The van der Waals surface area contributed by atoms with Crippen molar-refractivity contribution in [1.29, 1.82) is 0 Å². The highest BCUT2D eigenvalue weighted by Gasteiger charge is 2.09. The summed E-state index contributed by atoms with van der Waals surface area (Å²) >= 11 is 4.18. The summed E-state index contributed by atoms with van der Waals surface area (Å²) in [5.41, 5.74) is 6.66. The minimum absolute atomic E-state index is 0.336. The van der Waals surface area contributed by atoms with E-state index in [1.165, 1.54) is 0 Å². The predicted molar refractivity (Wildman–Crippen MR) is 76.2 cm³/mol. The summed E-state index contributed by atoms with van der Waals surface area (Å²) in [7, 11) is 0. The Labute approximate surface area is 114 Å². The molecule has 2 N–H and O–H groups in total. The van der Waals surface area contributed by atoms with Gasteiger partial charge in [0.15, 0.2) is 0 Å². The van der Waals surface area contributed by atoms with Gasteiger partial charge in [-0.2, -0.15) is 0 Å². The number of hydrogen-bond donors (Lipinski definition) is 2. The molecule has 0 aliphatic carbocycles. The number of benzene rings is 1. The summed E-state index contributed by atoms with van der Waals surface area (Å²) in [4.78, 5) is 14.5. The average Bonchev–Trinajstić information content (AvgIpc) is 2.37. The maximum Gasteiger partial charge on any atom is 0.338 e. The second kappa shape index (κ2) is 7.28. The number of rotatable bonds is 6. The third kappa shape index (κ3) is 4.23. The molecule has 0 bridgehead atoms. The van der Waals surface area contributed by atoms with Gasteiger partial charge in [-0.1, -0.05) is 13.8 Å². The van der Waals surface area contributed by atoms with Crippen LogP contribution in [0, 0.1) is 0 Å². The average molecular weight is 268 g/mol. The van der Waals surface area contributed by atoms with Crippen molar-refractivity contribution in [2.24, 2.45) is 0 Å². The van der Waals surface area contributed by atoms with Crippen molar-refractivity contribution in [3.8, 4) is 0 Å². The van der Waals surface area contributed by atoms with Crippen molar-refractivity contribution >= 4 is 24.3 Å². The van der Waals surface area contributed by atoms with E-state index in [4.69, 9.17) is 10.5 Å². The zero-order valence-corrected chi connectivity index (χ0v) is 11.7. The molecule has 0 saturated heterocycles. The van der Waals surface area contributed by atoms with Gasteiger partial charge in [0.05, 0.1) is 5.56 Å². The molecule has 5 heteroatoms. The van der Waals surface area contributed by atoms with Gasteiger partial charge in [-0.15, -0.1) is 12.6 Å². The molecule has 0 fully saturated rings.